The Hall–Kier alpha value is -1.78. The highest BCUT2D eigenvalue weighted by Gasteiger charge is 2.34. The van der Waals surface area contributed by atoms with Gasteiger partial charge in [0.1, 0.15) is 5.67 Å². The first kappa shape index (κ1) is 16.6. The summed E-state index contributed by atoms with van der Waals surface area (Å²) in [7, 11) is 0. The van der Waals surface area contributed by atoms with E-state index in [1.54, 1.807) is 26.0 Å². The summed E-state index contributed by atoms with van der Waals surface area (Å²) in [5, 5.41) is 9.14. The fraction of sp³-hybridized carbons (Fsp3) is 0.588. The zero-order chi connectivity index (χ0) is 16.5. The standard InChI is InChI=1S/C17H23FO4/c1-16(2,10-15(19)20)11-8-13-14(22-7-5-6-21-13)9-12(11)17(3,4)18/h8-9H,5-7,10H2,1-4H3,(H,19,20). The Labute approximate surface area is 130 Å². The van der Waals surface area contributed by atoms with Crippen molar-refractivity contribution in [1.29, 1.82) is 0 Å². The van der Waals surface area contributed by atoms with Crippen molar-refractivity contribution in [3.05, 3.63) is 23.3 Å². The Bertz CT molecular complexity index is 573. The van der Waals surface area contributed by atoms with E-state index >= 15 is 0 Å². The minimum Gasteiger partial charge on any atom is -0.490 e. The van der Waals surface area contributed by atoms with Gasteiger partial charge in [0.05, 0.1) is 19.6 Å². The van der Waals surface area contributed by atoms with Crippen LogP contribution in [0.3, 0.4) is 0 Å². The number of carboxylic acids is 1. The normalized spacial score (nSPS) is 15.3. The van der Waals surface area contributed by atoms with Crippen LogP contribution in [0.2, 0.25) is 0 Å². The number of carbonyl (C=O) groups is 1. The molecule has 0 fully saturated rings. The van der Waals surface area contributed by atoms with E-state index in [4.69, 9.17) is 14.6 Å². The van der Waals surface area contributed by atoms with Crippen molar-refractivity contribution in [1.82, 2.24) is 0 Å². The van der Waals surface area contributed by atoms with Crippen molar-refractivity contribution in [3.63, 3.8) is 0 Å². The van der Waals surface area contributed by atoms with E-state index in [-0.39, 0.29) is 6.42 Å². The molecule has 1 heterocycles. The van der Waals surface area contributed by atoms with Crippen LogP contribution in [0, 0.1) is 0 Å². The van der Waals surface area contributed by atoms with Gasteiger partial charge in [0, 0.05) is 11.8 Å². The molecule has 0 unspecified atom stereocenters. The lowest BCUT2D eigenvalue weighted by molar-refractivity contribution is -0.138. The lowest BCUT2D eigenvalue weighted by atomic mass is 9.76. The summed E-state index contributed by atoms with van der Waals surface area (Å²) in [5.74, 6) is 0.159. The van der Waals surface area contributed by atoms with E-state index in [9.17, 15) is 9.18 Å². The van der Waals surface area contributed by atoms with Crippen molar-refractivity contribution in [3.8, 4) is 11.5 Å². The smallest absolute Gasteiger partial charge is 0.304 e. The molecule has 0 saturated carbocycles. The number of ether oxygens (including phenoxy) is 2. The molecule has 0 aliphatic carbocycles. The van der Waals surface area contributed by atoms with Crippen LogP contribution in [0.5, 0.6) is 11.5 Å². The Morgan fingerprint density at radius 3 is 2.09 bits per heavy atom. The first-order valence-corrected chi connectivity index (χ1v) is 7.46. The van der Waals surface area contributed by atoms with Gasteiger partial charge in [-0.15, -0.1) is 0 Å². The fourth-order valence-corrected chi connectivity index (χ4v) is 2.73. The highest BCUT2D eigenvalue weighted by Crippen LogP contribution is 2.43. The van der Waals surface area contributed by atoms with Crippen LogP contribution in [0.1, 0.15) is 51.7 Å². The monoisotopic (exact) mass is 310 g/mol. The zero-order valence-electron chi connectivity index (χ0n) is 13.5. The van der Waals surface area contributed by atoms with Crippen LogP contribution in [-0.2, 0) is 15.9 Å². The highest BCUT2D eigenvalue weighted by atomic mass is 19.1. The quantitative estimate of drug-likeness (QED) is 0.919. The Morgan fingerprint density at radius 1 is 1.14 bits per heavy atom. The van der Waals surface area contributed by atoms with Crippen molar-refractivity contribution in [2.24, 2.45) is 0 Å². The van der Waals surface area contributed by atoms with Crippen LogP contribution >= 0.6 is 0 Å². The summed E-state index contributed by atoms with van der Waals surface area (Å²) in [6.45, 7) is 7.59. The number of benzene rings is 1. The molecule has 0 saturated heterocycles. The first-order valence-electron chi connectivity index (χ1n) is 7.46. The lowest BCUT2D eigenvalue weighted by Gasteiger charge is -2.30. The number of alkyl halides is 1. The molecule has 4 nitrogen and oxygen atoms in total. The fourth-order valence-electron chi connectivity index (χ4n) is 2.73. The molecule has 0 spiro atoms. The van der Waals surface area contributed by atoms with Crippen LogP contribution < -0.4 is 9.47 Å². The van der Waals surface area contributed by atoms with E-state index in [2.05, 4.69) is 0 Å². The van der Waals surface area contributed by atoms with Gasteiger partial charge in [0.25, 0.3) is 0 Å². The van der Waals surface area contributed by atoms with Gasteiger partial charge >= 0.3 is 5.97 Å². The SMILES string of the molecule is CC(C)(F)c1cc2c(cc1C(C)(C)CC(=O)O)OCCCO2. The molecule has 0 amide bonds. The second-order valence-electron chi connectivity index (χ2n) is 6.82. The average molecular weight is 310 g/mol. The number of aliphatic carboxylic acids is 1. The summed E-state index contributed by atoms with van der Waals surface area (Å²) in [6.07, 6.45) is 0.673. The Kier molecular flexibility index (Phi) is 4.36. The van der Waals surface area contributed by atoms with Crippen molar-refractivity contribution in [2.45, 2.75) is 51.6 Å². The van der Waals surface area contributed by atoms with Crippen molar-refractivity contribution in [2.75, 3.05) is 13.2 Å². The average Bonchev–Trinajstić information content (AvgIpc) is 2.59. The molecule has 1 aromatic rings. The van der Waals surface area contributed by atoms with Gasteiger partial charge in [-0.25, -0.2) is 4.39 Å². The minimum atomic E-state index is -1.60. The van der Waals surface area contributed by atoms with Crippen molar-refractivity contribution >= 4 is 5.97 Å². The molecule has 0 bridgehead atoms. The maximum absolute atomic E-state index is 14.7. The van der Waals surface area contributed by atoms with Gasteiger partial charge in [-0.1, -0.05) is 13.8 Å². The predicted molar refractivity (Wildman–Crippen MR) is 81.5 cm³/mol. The molecule has 122 valence electrons. The number of carboxylic acid groups (broad SMARTS) is 1. The Morgan fingerprint density at radius 2 is 1.64 bits per heavy atom. The van der Waals surface area contributed by atoms with Crippen LogP contribution in [0.4, 0.5) is 4.39 Å². The molecule has 2 rings (SSSR count). The molecule has 1 aliphatic rings. The first-order chi connectivity index (χ1) is 10.1. The number of halogens is 1. The van der Waals surface area contributed by atoms with Gasteiger partial charge in [0.2, 0.25) is 0 Å². The molecule has 0 radical (unpaired) electrons. The van der Waals surface area contributed by atoms with Gasteiger partial charge < -0.3 is 14.6 Å². The lowest BCUT2D eigenvalue weighted by Crippen LogP contribution is -2.26. The van der Waals surface area contributed by atoms with E-state index < -0.39 is 17.1 Å². The summed E-state index contributed by atoms with van der Waals surface area (Å²) < 4.78 is 26.0. The second kappa shape index (κ2) is 5.78. The molecule has 5 heteroatoms. The zero-order valence-corrected chi connectivity index (χ0v) is 13.5. The maximum atomic E-state index is 14.7. The third kappa shape index (κ3) is 3.51. The van der Waals surface area contributed by atoms with Gasteiger partial charge in [-0.3, -0.25) is 4.79 Å². The van der Waals surface area contributed by atoms with Crippen LogP contribution in [0.15, 0.2) is 12.1 Å². The number of rotatable bonds is 4. The van der Waals surface area contributed by atoms with E-state index in [0.717, 1.165) is 6.42 Å². The van der Waals surface area contributed by atoms with Crippen LogP contribution in [0.25, 0.3) is 0 Å². The molecule has 0 aromatic heterocycles. The minimum absolute atomic E-state index is 0.0876. The molecule has 1 aliphatic heterocycles. The Balaban J connectivity index is 2.60. The number of hydrogen-bond acceptors (Lipinski definition) is 3. The summed E-state index contributed by atoms with van der Waals surface area (Å²) in [5.41, 5.74) is -1.22. The molecule has 1 N–H and O–H groups in total. The predicted octanol–water partition coefficient (Wildman–Crippen LogP) is 3.80. The molecular weight excluding hydrogens is 287 g/mol. The summed E-state index contributed by atoms with van der Waals surface area (Å²) in [6, 6.07) is 3.39. The molecule has 0 atom stereocenters. The van der Waals surface area contributed by atoms with Gasteiger partial charge in [-0.2, -0.15) is 0 Å². The topological polar surface area (TPSA) is 55.8 Å². The molecular formula is C17H23FO4. The summed E-state index contributed by atoms with van der Waals surface area (Å²) in [4.78, 5) is 11.1. The van der Waals surface area contributed by atoms with E-state index in [1.165, 1.54) is 13.8 Å². The summed E-state index contributed by atoms with van der Waals surface area (Å²) >= 11 is 0. The highest BCUT2D eigenvalue weighted by molar-refractivity contribution is 5.69. The molecule has 1 aromatic carbocycles. The largest absolute Gasteiger partial charge is 0.490 e. The van der Waals surface area contributed by atoms with Crippen molar-refractivity contribution < 1.29 is 23.8 Å². The van der Waals surface area contributed by atoms with Crippen LogP contribution in [-0.4, -0.2) is 24.3 Å². The third-order valence-corrected chi connectivity index (χ3v) is 3.85. The van der Waals surface area contributed by atoms with E-state index in [1.807, 2.05) is 0 Å². The van der Waals surface area contributed by atoms with Gasteiger partial charge in [-0.05, 0) is 37.1 Å². The maximum Gasteiger partial charge on any atom is 0.304 e. The van der Waals surface area contributed by atoms with E-state index in [0.29, 0.717) is 35.8 Å². The number of fused-ring (bicyclic) bond motifs is 1. The number of hydrogen-bond donors (Lipinski definition) is 1. The molecule has 22 heavy (non-hydrogen) atoms. The third-order valence-electron chi connectivity index (χ3n) is 3.85. The second-order valence-corrected chi connectivity index (χ2v) is 6.82. The van der Waals surface area contributed by atoms with Gasteiger partial charge in [0.15, 0.2) is 11.5 Å².